The fourth-order valence-corrected chi connectivity index (χ4v) is 2.10. The van der Waals surface area contributed by atoms with Gasteiger partial charge in [-0.05, 0) is 24.9 Å². The van der Waals surface area contributed by atoms with Crippen LogP contribution in [0.5, 0.6) is 0 Å². The maximum atomic E-state index is 11.7. The van der Waals surface area contributed by atoms with Gasteiger partial charge in [0.2, 0.25) is 0 Å². The molecule has 0 bridgehead atoms. The van der Waals surface area contributed by atoms with Crippen molar-refractivity contribution >= 4 is 5.78 Å². The van der Waals surface area contributed by atoms with Crippen LogP contribution in [-0.2, 0) is 11.2 Å². The lowest BCUT2D eigenvalue weighted by Gasteiger charge is -2.08. The van der Waals surface area contributed by atoms with E-state index in [9.17, 15) is 4.79 Å². The molecule has 1 fully saturated rings. The number of ketones is 1. The van der Waals surface area contributed by atoms with Crippen LogP contribution in [0.25, 0.3) is 0 Å². The van der Waals surface area contributed by atoms with Crippen molar-refractivity contribution < 1.29 is 4.79 Å². The Morgan fingerprint density at radius 3 is 2.80 bits per heavy atom. The minimum absolute atomic E-state index is 0.348. The zero-order chi connectivity index (χ0) is 10.5. The maximum Gasteiger partial charge on any atom is 0.138 e. The predicted molar refractivity (Wildman–Crippen MR) is 60.8 cm³/mol. The van der Waals surface area contributed by atoms with E-state index in [0.717, 1.165) is 18.5 Å². The maximum absolute atomic E-state index is 11.7. The average molecular weight is 203 g/mol. The summed E-state index contributed by atoms with van der Waals surface area (Å²) in [6.07, 6.45) is 3.64. The number of Topliss-reactive ketones (excluding diaryl/α,β-unsaturated/α-hetero) is 1. The highest BCUT2D eigenvalue weighted by molar-refractivity contribution is 5.81. The number of carbonyl (C=O) groups excluding carboxylic acids is 1. The third-order valence-electron chi connectivity index (χ3n) is 2.88. The van der Waals surface area contributed by atoms with E-state index in [-0.39, 0.29) is 0 Å². The average Bonchev–Trinajstić information content (AvgIpc) is 2.71. The van der Waals surface area contributed by atoms with Crippen LogP contribution in [-0.4, -0.2) is 18.4 Å². The summed E-state index contributed by atoms with van der Waals surface area (Å²) in [6, 6.07) is 10.4. The van der Waals surface area contributed by atoms with Crippen molar-refractivity contribution in [3.05, 3.63) is 35.9 Å². The minimum atomic E-state index is 0.348. The molecule has 1 unspecified atom stereocenters. The summed E-state index contributed by atoms with van der Waals surface area (Å²) in [5.41, 5.74) is 1.13. The Hall–Kier alpha value is -1.15. The molecule has 2 heteroatoms. The summed E-state index contributed by atoms with van der Waals surface area (Å²) in [4.78, 5) is 11.7. The second-order valence-corrected chi connectivity index (χ2v) is 4.20. The van der Waals surface area contributed by atoms with E-state index < -0.39 is 0 Å². The van der Waals surface area contributed by atoms with Gasteiger partial charge in [0.25, 0.3) is 0 Å². The van der Waals surface area contributed by atoms with Gasteiger partial charge < -0.3 is 5.32 Å². The van der Waals surface area contributed by atoms with Gasteiger partial charge in [-0.25, -0.2) is 0 Å². The first-order chi connectivity index (χ1) is 7.34. The van der Waals surface area contributed by atoms with E-state index in [1.807, 2.05) is 30.3 Å². The topological polar surface area (TPSA) is 29.1 Å². The first kappa shape index (κ1) is 10.4. The van der Waals surface area contributed by atoms with Crippen LogP contribution in [0.1, 0.15) is 24.8 Å². The van der Waals surface area contributed by atoms with Gasteiger partial charge in [0, 0.05) is 18.9 Å². The molecule has 1 aliphatic heterocycles. The molecular formula is C13H17NO. The molecule has 1 heterocycles. The Morgan fingerprint density at radius 2 is 2.13 bits per heavy atom. The molecule has 0 aliphatic carbocycles. The van der Waals surface area contributed by atoms with Crippen LogP contribution in [0, 0.1) is 0 Å². The van der Waals surface area contributed by atoms with Gasteiger partial charge in [-0.3, -0.25) is 4.79 Å². The third kappa shape index (κ3) is 3.17. The molecule has 0 aromatic heterocycles. The van der Waals surface area contributed by atoms with Gasteiger partial charge in [0.1, 0.15) is 5.78 Å². The van der Waals surface area contributed by atoms with Gasteiger partial charge >= 0.3 is 0 Å². The second kappa shape index (κ2) is 5.08. The number of hydrogen-bond donors (Lipinski definition) is 1. The molecule has 1 N–H and O–H groups in total. The van der Waals surface area contributed by atoms with Crippen LogP contribution in [0.2, 0.25) is 0 Å². The monoisotopic (exact) mass is 203 g/mol. The van der Waals surface area contributed by atoms with Crippen LogP contribution in [0.4, 0.5) is 0 Å². The fourth-order valence-electron chi connectivity index (χ4n) is 2.10. The smallest absolute Gasteiger partial charge is 0.138 e. The zero-order valence-corrected chi connectivity index (χ0v) is 8.91. The molecular weight excluding hydrogens is 186 g/mol. The summed E-state index contributed by atoms with van der Waals surface area (Å²) in [6.45, 7) is 1.07. The molecule has 0 radical (unpaired) electrons. The standard InChI is InChI=1S/C13H17NO/c15-13(10-12-7-4-8-14-12)9-11-5-2-1-3-6-11/h1-3,5-6,12,14H,4,7-10H2. The molecule has 2 rings (SSSR count). The lowest BCUT2D eigenvalue weighted by Crippen LogP contribution is -2.25. The van der Waals surface area contributed by atoms with Gasteiger partial charge in [-0.1, -0.05) is 30.3 Å². The first-order valence-electron chi connectivity index (χ1n) is 5.63. The predicted octanol–water partition coefficient (Wildman–Crippen LogP) is 1.94. The molecule has 0 spiro atoms. The third-order valence-corrected chi connectivity index (χ3v) is 2.88. The van der Waals surface area contributed by atoms with Crippen molar-refractivity contribution in [2.75, 3.05) is 6.54 Å². The molecule has 1 aromatic rings. The molecule has 80 valence electrons. The molecule has 1 aromatic carbocycles. The molecule has 15 heavy (non-hydrogen) atoms. The van der Waals surface area contributed by atoms with Crippen molar-refractivity contribution in [3.8, 4) is 0 Å². The molecule has 1 aliphatic rings. The van der Waals surface area contributed by atoms with Crippen molar-refractivity contribution in [1.82, 2.24) is 5.32 Å². The van der Waals surface area contributed by atoms with Crippen LogP contribution in [0.15, 0.2) is 30.3 Å². The van der Waals surface area contributed by atoms with Gasteiger partial charge in [0.05, 0.1) is 0 Å². The molecule has 2 nitrogen and oxygen atoms in total. The van der Waals surface area contributed by atoms with Gasteiger partial charge in [-0.15, -0.1) is 0 Å². The van der Waals surface area contributed by atoms with Gasteiger partial charge in [0.15, 0.2) is 0 Å². The number of nitrogens with one attached hydrogen (secondary N) is 1. The van der Waals surface area contributed by atoms with Crippen LogP contribution >= 0.6 is 0 Å². The Bertz CT molecular complexity index is 315. The first-order valence-corrected chi connectivity index (χ1v) is 5.63. The van der Waals surface area contributed by atoms with Crippen molar-refractivity contribution in [2.24, 2.45) is 0 Å². The van der Waals surface area contributed by atoms with E-state index in [1.54, 1.807) is 0 Å². The largest absolute Gasteiger partial charge is 0.314 e. The van der Waals surface area contributed by atoms with E-state index >= 15 is 0 Å². The van der Waals surface area contributed by atoms with Crippen molar-refractivity contribution in [2.45, 2.75) is 31.7 Å². The van der Waals surface area contributed by atoms with E-state index in [1.165, 1.54) is 6.42 Å². The lowest BCUT2D eigenvalue weighted by molar-refractivity contribution is -0.118. The van der Waals surface area contributed by atoms with E-state index in [2.05, 4.69) is 5.32 Å². The molecule has 1 atom stereocenters. The fraction of sp³-hybridized carbons (Fsp3) is 0.462. The number of carbonyl (C=O) groups is 1. The highest BCUT2D eigenvalue weighted by Crippen LogP contribution is 2.11. The molecule has 0 amide bonds. The Balaban J connectivity index is 1.82. The minimum Gasteiger partial charge on any atom is -0.314 e. The summed E-state index contributed by atoms with van der Waals surface area (Å²) in [5.74, 6) is 0.348. The quantitative estimate of drug-likeness (QED) is 0.810. The molecule has 1 saturated heterocycles. The van der Waals surface area contributed by atoms with Crippen molar-refractivity contribution in [1.29, 1.82) is 0 Å². The number of hydrogen-bond acceptors (Lipinski definition) is 2. The summed E-state index contributed by atoms with van der Waals surface area (Å²) in [5, 5.41) is 3.35. The van der Waals surface area contributed by atoms with Crippen LogP contribution < -0.4 is 5.32 Å². The SMILES string of the molecule is O=C(Cc1ccccc1)CC1CCCN1. The number of benzene rings is 1. The summed E-state index contributed by atoms with van der Waals surface area (Å²) < 4.78 is 0. The highest BCUT2D eigenvalue weighted by atomic mass is 16.1. The van der Waals surface area contributed by atoms with Crippen LogP contribution in [0.3, 0.4) is 0 Å². The number of rotatable bonds is 4. The van der Waals surface area contributed by atoms with E-state index in [4.69, 9.17) is 0 Å². The van der Waals surface area contributed by atoms with Gasteiger partial charge in [-0.2, -0.15) is 0 Å². The Labute approximate surface area is 90.7 Å². The highest BCUT2D eigenvalue weighted by Gasteiger charge is 2.17. The summed E-state index contributed by atoms with van der Waals surface area (Å²) in [7, 11) is 0. The lowest BCUT2D eigenvalue weighted by atomic mass is 10.0. The Morgan fingerprint density at radius 1 is 1.33 bits per heavy atom. The molecule has 0 saturated carbocycles. The van der Waals surface area contributed by atoms with Crippen molar-refractivity contribution in [3.63, 3.8) is 0 Å². The Kier molecular flexibility index (Phi) is 3.51. The second-order valence-electron chi connectivity index (χ2n) is 4.20. The zero-order valence-electron chi connectivity index (χ0n) is 8.91. The van der Waals surface area contributed by atoms with E-state index in [0.29, 0.717) is 24.7 Å². The summed E-state index contributed by atoms with van der Waals surface area (Å²) >= 11 is 0. The normalized spacial score (nSPS) is 20.4.